The van der Waals surface area contributed by atoms with Crippen LogP contribution in [-0.4, -0.2) is 11.0 Å². The number of aryl methyl sites for hydroxylation is 3. The average Bonchev–Trinajstić information content (AvgIpc) is 2.71. The summed E-state index contributed by atoms with van der Waals surface area (Å²) in [5, 5.41) is 0.382. The van der Waals surface area contributed by atoms with Gasteiger partial charge in [-0.25, -0.2) is 4.79 Å². The molecule has 0 bridgehead atoms. The lowest BCUT2D eigenvalue weighted by atomic mass is 10.0. The molecule has 0 saturated heterocycles. The highest BCUT2D eigenvalue weighted by molar-refractivity contribution is 5.93. The van der Waals surface area contributed by atoms with Crippen molar-refractivity contribution in [2.75, 3.05) is 0 Å². The molecule has 0 atom stereocenters. The van der Waals surface area contributed by atoms with Crippen molar-refractivity contribution in [1.82, 2.24) is 4.98 Å². The zero-order valence-electron chi connectivity index (χ0n) is 16.4. The molecule has 0 aliphatic heterocycles. The maximum absolute atomic E-state index is 13.3. The standard InChI is InChI=1S/C24H19NO4/c1-14-6-8-17(9-7-14)22-23(29-24(27)18-5-4-10-25-13-18)20(26)19-12-15(2)11-16(3)21(19)28-22/h4-13H,1-3H3. The quantitative estimate of drug-likeness (QED) is 0.464. The first-order valence-corrected chi connectivity index (χ1v) is 9.21. The minimum absolute atomic E-state index is 0.125. The van der Waals surface area contributed by atoms with Gasteiger partial charge >= 0.3 is 5.97 Å². The fourth-order valence-electron chi connectivity index (χ4n) is 3.26. The van der Waals surface area contributed by atoms with Gasteiger partial charge in [0.05, 0.1) is 10.9 Å². The smallest absolute Gasteiger partial charge is 0.345 e. The molecular formula is C24H19NO4. The van der Waals surface area contributed by atoms with E-state index in [1.807, 2.05) is 51.1 Å². The zero-order valence-corrected chi connectivity index (χ0v) is 16.4. The van der Waals surface area contributed by atoms with E-state index < -0.39 is 5.97 Å². The summed E-state index contributed by atoms with van der Waals surface area (Å²) in [4.78, 5) is 29.9. The Morgan fingerprint density at radius 3 is 2.45 bits per heavy atom. The van der Waals surface area contributed by atoms with Crippen molar-refractivity contribution in [3.8, 4) is 17.1 Å². The van der Waals surface area contributed by atoms with Crippen LogP contribution in [0.15, 0.2) is 70.1 Å². The number of aromatic nitrogens is 1. The summed E-state index contributed by atoms with van der Waals surface area (Å²) in [6, 6.07) is 14.4. The molecular weight excluding hydrogens is 366 g/mol. The van der Waals surface area contributed by atoms with Gasteiger partial charge in [-0.1, -0.05) is 35.9 Å². The van der Waals surface area contributed by atoms with Crippen molar-refractivity contribution in [3.05, 3.63) is 93.4 Å². The van der Waals surface area contributed by atoms with Crippen LogP contribution < -0.4 is 10.2 Å². The molecule has 2 aromatic carbocycles. The number of pyridine rings is 1. The highest BCUT2D eigenvalue weighted by Crippen LogP contribution is 2.33. The second-order valence-corrected chi connectivity index (χ2v) is 7.05. The first-order valence-electron chi connectivity index (χ1n) is 9.21. The van der Waals surface area contributed by atoms with Crippen LogP contribution in [0, 0.1) is 20.8 Å². The van der Waals surface area contributed by atoms with E-state index in [0.717, 1.165) is 16.7 Å². The molecule has 0 unspecified atom stereocenters. The zero-order chi connectivity index (χ0) is 20.5. The van der Waals surface area contributed by atoms with E-state index in [1.54, 1.807) is 24.4 Å². The van der Waals surface area contributed by atoms with E-state index in [0.29, 0.717) is 16.5 Å². The number of carbonyl (C=O) groups is 1. The van der Waals surface area contributed by atoms with Gasteiger partial charge in [-0.15, -0.1) is 0 Å². The second-order valence-electron chi connectivity index (χ2n) is 7.05. The van der Waals surface area contributed by atoms with Crippen LogP contribution in [0.3, 0.4) is 0 Å². The Hall–Kier alpha value is -3.73. The predicted octanol–water partition coefficient (Wildman–Crippen LogP) is 5.00. The number of carbonyl (C=O) groups excluding carboxylic acids is 1. The molecule has 0 amide bonds. The Kier molecular flexibility index (Phi) is 4.72. The largest absolute Gasteiger partial charge is 0.452 e. The number of fused-ring (bicyclic) bond motifs is 1. The molecule has 0 N–H and O–H groups in total. The maximum Gasteiger partial charge on any atom is 0.345 e. The molecule has 2 heterocycles. The molecule has 4 rings (SSSR count). The fraction of sp³-hybridized carbons (Fsp3) is 0.125. The summed E-state index contributed by atoms with van der Waals surface area (Å²) in [7, 11) is 0. The van der Waals surface area contributed by atoms with Gasteiger partial charge in [0.25, 0.3) is 0 Å². The van der Waals surface area contributed by atoms with Gasteiger partial charge in [0.15, 0.2) is 5.76 Å². The summed E-state index contributed by atoms with van der Waals surface area (Å²) in [6.45, 7) is 5.76. The lowest BCUT2D eigenvalue weighted by Gasteiger charge is -2.12. The summed E-state index contributed by atoms with van der Waals surface area (Å²) in [6.07, 6.45) is 2.95. The van der Waals surface area contributed by atoms with E-state index in [2.05, 4.69) is 4.98 Å². The number of hydrogen-bond acceptors (Lipinski definition) is 5. The first-order chi connectivity index (χ1) is 13.9. The Morgan fingerprint density at radius 2 is 1.76 bits per heavy atom. The van der Waals surface area contributed by atoms with Crippen molar-refractivity contribution in [1.29, 1.82) is 0 Å². The van der Waals surface area contributed by atoms with Crippen LogP contribution in [0.4, 0.5) is 0 Å². The topological polar surface area (TPSA) is 69.4 Å². The lowest BCUT2D eigenvalue weighted by Crippen LogP contribution is -2.16. The summed E-state index contributed by atoms with van der Waals surface area (Å²) < 4.78 is 11.7. The number of rotatable bonds is 3. The Labute approximate surface area is 167 Å². The van der Waals surface area contributed by atoms with Gasteiger partial charge in [0.1, 0.15) is 5.58 Å². The molecule has 4 aromatic rings. The monoisotopic (exact) mass is 385 g/mol. The Balaban J connectivity index is 1.96. The molecule has 0 saturated carbocycles. The Morgan fingerprint density at radius 1 is 1.00 bits per heavy atom. The van der Waals surface area contributed by atoms with Crippen LogP contribution in [0.5, 0.6) is 5.75 Å². The predicted molar refractivity (Wildman–Crippen MR) is 111 cm³/mol. The normalized spacial score (nSPS) is 10.9. The van der Waals surface area contributed by atoms with Gasteiger partial charge in [-0.3, -0.25) is 9.78 Å². The number of esters is 1. The molecule has 29 heavy (non-hydrogen) atoms. The van der Waals surface area contributed by atoms with Crippen molar-refractivity contribution < 1.29 is 13.9 Å². The van der Waals surface area contributed by atoms with E-state index in [-0.39, 0.29) is 22.5 Å². The number of hydrogen-bond donors (Lipinski definition) is 0. The van der Waals surface area contributed by atoms with Crippen LogP contribution in [0.1, 0.15) is 27.0 Å². The van der Waals surface area contributed by atoms with Crippen molar-refractivity contribution in [2.45, 2.75) is 20.8 Å². The highest BCUT2D eigenvalue weighted by atomic mass is 16.5. The number of nitrogens with zero attached hydrogens (tertiary/aromatic N) is 1. The molecule has 0 aliphatic carbocycles. The van der Waals surface area contributed by atoms with Gasteiger partial charge in [0.2, 0.25) is 11.2 Å². The summed E-state index contributed by atoms with van der Waals surface area (Å²) in [5.74, 6) is -0.561. The van der Waals surface area contributed by atoms with E-state index in [4.69, 9.17) is 9.15 Å². The van der Waals surface area contributed by atoms with Crippen molar-refractivity contribution in [3.63, 3.8) is 0 Å². The third kappa shape index (κ3) is 3.55. The highest BCUT2D eigenvalue weighted by Gasteiger charge is 2.22. The summed E-state index contributed by atoms with van der Waals surface area (Å²) in [5.41, 5.74) is 3.84. The SMILES string of the molecule is Cc1ccc(-c2oc3c(C)cc(C)cc3c(=O)c2OC(=O)c2cccnc2)cc1. The van der Waals surface area contributed by atoms with Crippen molar-refractivity contribution in [2.24, 2.45) is 0 Å². The lowest BCUT2D eigenvalue weighted by molar-refractivity contribution is 0.0731. The molecule has 5 heteroatoms. The molecule has 0 aliphatic rings. The van der Waals surface area contributed by atoms with Gasteiger partial charge in [-0.05, 0) is 50.1 Å². The molecule has 2 aromatic heterocycles. The minimum atomic E-state index is -0.664. The van der Waals surface area contributed by atoms with Crippen molar-refractivity contribution >= 4 is 16.9 Å². The first kappa shape index (κ1) is 18.6. The second kappa shape index (κ2) is 7.36. The molecule has 5 nitrogen and oxygen atoms in total. The van der Waals surface area contributed by atoms with E-state index >= 15 is 0 Å². The van der Waals surface area contributed by atoms with Crippen LogP contribution in [-0.2, 0) is 0 Å². The molecule has 0 radical (unpaired) electrons. The van der Waals surface area contributed by atoms with E-state index in [1.165, 1.54) is 6.20 Å². The Bertz CT molecular complexity index is 1270. The summed E-state index contributed by atoms with van der Waals surface area (Å²) >= 11 is 0. The minimum Gasteiger partial charge on any atom is -0.452 e. The van der Waals surface area contributed by atoms with Crippen LogP contribution in [0.25, 0.3) is 22.3 Å². The average molecular weight is 385 g/mol. The number of ether oxygens (including phenoxy) is 1. The molecule has 0 spiro atoms. The number of benzene rings is 2. The van der Waals surface area contributed by atoms with Gasteiger partial charge < -0.3 is 9.15 Å². The molecule has 0 fully saturated rings. The fourth-order valence-corrected chi connectivity index (χ4v) is 3.26. The maximum atomic E-state index is 13.3. The van der Waals surface area contributed by atoms with Gasteiger partial charge in [-0.2, -0.15) is 0 Å². The van der Waals surface area contributed by atoms with Crippen LogP contribution in [0.2, 0.25) is 0 Å². The van der Waals surface area contributed by atoms with Crippen LogP contribution >= 0.6 is 0 Å². The van der Waals surface area contributed by atoms with Gasteiger partial charge in [0, 0.05) is 18.0 Å². The molecule has 144 valence electrons. The third-order valence-electron chi connectivity index (χ3n) is 4.69. The third-order valence-corrected chi connectivity index (χ3v) is 4.69. The van der Waals surface area contributed by atoms with E-state index in [9.17, 15) is 9.59 Å².